The highest BCUT2D eigenvalue weighted by Gasteiger charge is 2.00. The monoisotopic (exact) mass is 298 g/mol. The number of carbonyl (C=O) groups is 2. The van der Waals surface area contributed by atoms with Gasteiger partial charge in [0.15, 0.2) is 0 Å². The van der Waals surface area contributed by atoms with Gasteiger partial charge in [0.25, 0.3) is 0 Å². The van der Waals surface area contributed by atoms with Gasteiger partial charge in [-0.3, -0.25) is 9.59 Å². The summed E-state index contributed by atoms with van der Waals surface area (Å²) in [5, 5.41) is 5.03. The maximum absolute atomic E-state index is 12.0. The van der Waals surface area contributed by atoms with E-state index in [9.17, 15) is 14.0 Å². The lowest BCUT2D eigenvalue weighted by atomic mass is 10.3. The standard InChI is InChI=1S/C17H15FN2O2/c1-2-7-14(10-6-13-18)19-16(21)11-12-17(22)20-15-8-4-3-5-9-15/h1,3-12H,13H2,(H,19,21)(H,20,22)/b10-6-,12-11-,14-7+. The van der Waals surface area contributed by atoms with Gasteiger partial charge in [-0.2, -0.15) is 0 Å². The number of terminal acetylenes is 1. The van der Waals surface area contributed by atoms with Gasteiger partial charge in [-0.25, -0.2) is 4.39 Å². The fourth-order valence-electron chi connectivity index (χ4n) is 1.43. The Morgan fingerprint density at radius 3 is 2.45 bits per heavy atom. The smallest absolute Gasteiger partial charge is 0.248 e. The van der Waals surface area contributed by atoms with E-state index in [1.807, 2.05) is 6.07 Å². The van der Waals surface area contributed by atoms with Gasteiger partial charge in [0.1, 0.15) is 6.67 Å². The topological polar surface area (TPSA) is 58.2 Å². The van der Waals surface area contributed by atoms with Gasteiger partial charge in [0, 0.05) is 29.6 Å². The number of nitrogens with one attached hydrogen (secondary N) is 2. The SMILES string of the molecule is C#C/C=C(\C=C/CF)NC(=O)/C=C\C(=O)Nc1ccccc1. The molecule has 0 heterocycles. The number of anilines is 1. The second kappa shape index (κ2) is 9.72. The fraction of sp³-hybridized carbons (Fsp3) is 0.0588. The molecule has 22 heavy (non-hydrogen) atoms. The molecule has 0 spiro atoms. The predicted octanol–water partition coefficient (Wildman–Crippen LogP) is 2.34. The first kappa shape index (κ1) is 16.9. The third kappa shape index (κ3) is 6.87. The van der Waals surface area contributed by atoms with Gasteiger partial charge in [-0.15, -0.1) is 6.42 Å². The summed E-state index contributed by atoms with van der Waals surface area (Å²) in [5.41, 5.74) is 0.884. The van der Waals surface area contributed by atoms with Crippen LogP contribution in [-0.2, 0) is 9.59 Å². The normalized spacial score (nSPS) is 11.4. The Morgan fingerprint density at radius 1 is 1.14 bits per heavy atom. The Morgan fingerprint density at radius 2 is 1.82 bits per heavy atom. The van der Waals surface area contributed by atoms with Crippen molar-refractivity contribution in [2.24, 2.45) is 0 Å². The maximum atomic E-state index is 12.0. The first-order valence-corrected chi connectivity index (χ1v) is 6.39. The lowest BCUT2D eigenvalue weighted by Gasteiger charge is -2.02. The molecular formula is C17H15FN2O2. The van der Waals surface area contributed by atoms with Crippen LogP contribution in [0.4, 0.5) is 10.1 Å². The molecule has 1 aromatic rings. The minimum absolute atomic E-state index is 0.262. The molecule has 0 aliphatic heterocycles. The molecule has 112 valence electrons. The molecule has 4 nitrogen and oxygen atoms in total. The third-order valence-corrected chi connectivity index (χ3v) is 2.32. The third-order valence-electron chi connectivity index (χ3n) is 2.32. The zero-order valence-corrected chi connectivity index (χ0v) is 11.8. The number of rotatable bonds is 6. The molecule has 1 rings (SSSR count). The summed E-state index contributed by atoms with van der Waals surface area (Å²) >= 11 is 0. The van der Waals surface area contributed by atoms with Crippen LogP contribution in [0.2, 0.25) is 0 Å². The number of benzene rings is 1. The molecule has 0 aromatic heterocycles. The molecule has 0 saturated carbocycles. The first-order chi connectivity index (χ1) is 10.7. The highest BCUT2D eigenvalue weighted by Crippen LogP contribution is 2.04. The summed E-state index contributed by atoms with van der Waals surface area (Å²) in [6, 6.07) is 8.83. The predicted molar refractivity (Wildman–Crippen MR) is 84.4 cm³/mol. The van der Waals surface area contributed by atoms with Crippen LogP contribution < -0.4 is 10.6 Å². The summed E-state index contributed by atoms with van der Waals surface area (Å²) in [5.74, 6) is 1.24. The number of halogens is 1. The van der Waals surface area contributed by atoms with E-state index in [2.05, 4.69) is 16.6 Å². The molecular weight excluding hydrogens is 283 g/mol. The van der Waals surface area contributed by atoms with Crippen molar-refractivity contribution in [1.29, 1.82) is 0 Å². The number of alkyl halides is 1. The molecule has 0 bridgehead atoms. The molecule has 0 atom stereocenters. The van der Waals surface area contributed by atoms with Crippen molar-refractivity contribution in [3.63, 3.8) is 0 Å². The van der Waals surface area contributed by atoms with Gasteiger partial charge in [0.2, 0.25) is 11.8 Å². The number of hydrogen-bond acceptors (Lipinski definition) is 2. The van der Waals surface area contributed by atoms with E-state index >= 15 is 0 Å². The second-order valence-corrected chi connectivity index (χ2v) is 4.00. The lowest BCUT2D eigenvalue weighted by molar-refractivity contribution is -0.116. The van der Waals surface area contributed by atoms with Crippen LogP contribution in [0.1, 0.15) is 0 Å². The minimum Gasteiger partial charge on any atom is -0.323 e. The fourth-order valence-corrected chi connectivity index (χ4v) is 1.43. The van der Waals surface area contributed by atoms with E-state index in [4.69, 9.17) is 6.42 Å². The second-order valence-electron chi connectivity index (χ2n) is 4.00. The summed E-state index contributed by atoms with van der Waals surface area (Å²) in [6.45, 7) is -0.674. The quantitative estimate of drug-likeness (QED) is 0.481. The largest absolute Gasteiger partial charge is 0.323 e. The molecule has 0 saturated heterocycles. The van der Waals surface area contributed by atoms with Crippen LogP contribution in [0.15, 0.2) is 66.4 Å². The molecule has 0 radical (unpaired) electrons. The van der Waals surface area contributed by atoms with Crippen molar-refractivity contribution in [3.8, 4) is 12.3 Å². The summed E-state index contributed by atoms with van der Waals surface area (Å²) < 4.78 is 12.0. The summed E-state index contributed by atoms with van der Waals surface area (Å²) in [7, 11) is 0. The van der Waals surface area contributed by atoms with E-state index in [1.54, 1.807) is 24.3 Å². The zero-order chi connectivity index (χ0) is 16.2. The highest BCUT2D eigenvalue weighted by molar-refractivity contribution is 6.03. The molecule has 0 aliphatic rings. The average molecular weight is 298 g/mol. The van der Waals surface area contributed by atoms with Gasteiger partial charge < -0.3 is 10.6 Å². The molecule has 0 fully saturated rings. The van der Waals surface area contributed by atoms with Crippen LogP contribution in [-0.4, -0.2) is 18.5 Å². The van der Waals surface area contributed by atoms with Gasteiger partial charge in [-0.05, 0) is 18.2 Å². The van der Waals surface area contributed by atoms with Gasteiger partial charge in [0.05, 0.1) is 0 Å². The van der Waals surface area contributed by atoms with Crippen molar-refractivity contribution in [2.45, 2.75) is 0 Å². The van der Waals surface area contributed by atoms with Crippen LogP contribution in [0.5, 0.6) is 0 Å². The Hall–Kier alpha value is -3.13. The molecule has 0 aliphatic carbocycles. The van der Waals surface area contributed by atoms with E-state index in [0.717, 1.165) is 12.2 Å². The highest BCUT2D eigenvalue weighted by atomic mass is 19.1. The minimum atomic E-state index is -0.674. The lowest BCUT2D eigenvalue weighted by Crippen LogP contribution is -2.20. The summed E-state index contributed by atoms with van der Waals surface area (Å²) in [6.07, 6.45) is 11.1. The number of amides is 2. The van der Waals surface area contributed by atoms with Crippen LogP contribution >= 0.6 is 0 Å². The zero-order valence-electron chi connectivity index (χ0n) is 11.8. The van der Waals surface area contributed by atoms with E-state index in [1.165, 1.54) is 18.2 Å². The van der Waals surface area contributed by atoms with Crippen LogP contribution in [0.25, 0.3) is 0 Å². The Balaban J connectivity index is 2.56. The molecule has 2 amide bonds. The Kier molecular flexibility index (Phi) is 7.48. The van der Waals surface area contributed by atoms with Crippen molar-refractivity contribution in [3.05, 3.63) is 66.4 Å². The van der Waals surface area contributed by atoms with Gasteiger partial charge in [-0.1, -0.05) is 30.2 Å². The number of carbonyl (C=O) groups excluding carboxylic acids is 2. The average Bonchev–Trinajstić information content (AvgIpc) is 2.52. The Labute approximate surface area is 128 Å². The maximum Gasteiger partial charge on any atom is 0.248 e. The first-order valence-electron chi connectivity index (χ1n) is 6.39. The van der Waals surface area contributed by atoms with E-state index < -0.39 is 18.5 Å². The molecule has 0 unspecified atom stereocenters. The molecule has 2 N–H and O–H groups in total. The molecule has 5 heteroatoms. The van der Waals surface area contributed by atoms with Crippen molar-refractivity contribution < 1.29 is 14.0 Å². The van der Waals surface area contributed by atoms with Crippen LogP contribution in [0.3, 0.4) is 0 Å². The van der Waals surface area contributed by atoms with Crippen molar-refractivity contribution in [2.75, 3.05) is 12.0 Å². The van der Waals surface area contributed by atoms with Crippen molar-refractivity contribution >= 4 is 17.5 Å². The Bertz CT molecular complexity index is 640. The number of allylic oxidation sites excluding steroid dienone is 3. The van der Waals surface area contributed by atoms with Gasteiger partial charge >= 0.3 is 0 Å². The van der Waals surface area contributed by atoms with Crippen LogP contribution in [0, 0.1) is 12.3 Å². The van der Waals surface area contributed by atoms with E-state index in [-0.39, 0.29) is 5.70 Å². The van der Waals surface area contributed by atoms with Crippen molar-refractivity contribution in [1.82, 2.24) is 5.32 Å². The molecule has 1 aromatic carbocycles. The summed E-state index contributed by atoms with van der Waals surface area (Å²) in [4.78, 5) is 23.2. The number of hydrogen-bond donors (Lipinski definition) is 2. The van der Waals surface area contributed by atoms with E-state index in [0.29, 0.717) is 5.69 Å². The number of para-hydroxylation sites is 1.